The van der Waals surface area contributed by atoms with Crippen molar-refractivity contribution in [1.82, 2.24) is 5.32 Å². The van der Waals surface area contributed by atoms with Crippen molar-refractivity contribution < 1.29 is 8.78 Å². The van der Waals surface area contributed by atoms with Gasteiger partial charge in [0.1, 0.15) is 11.6 Å². The first-order valence-electron chi connectivity index (χ1n) is 10.5. The van der Waals surface area contributed by atoms with Gasteiger partial charge in [-0.25, -0.2) is 8.78 Å². The Morgan fingerprint density at radius 1 is 0.893 bits per heavy atom. The quantitative estimate of drug-likeness (QED) is 0.584. The molecule has 1 aliphatic rings. The van der Waals surface area contributed by atoms with E-state index in [1.807, 2.05) is 12.1 Å². The minimum absolute atomic E-state index is 0.00198. The number of piperidine rings is 1. The van der Waals surface area contributed by atoms with Gasteiger partial charge in [0.05, 0.1) is 0 Å². The lowest BCUT2D eigenvalue weighted by Crippen LogP contribution is -2.57. The Balaban J connectivity index is 1.87. The summed E-state index contributed by atoms with van der Waals surface area (Å²) in [7, 11) is 0. The van der Waals surface area contributed by atoms with Gasteiger partial charge in [-0.2, -0.15) is 0 Å². The molecule has 3 rings (SSSR count). The van der Waals surface area contributed by atoms with Crippen LogP contribution >= 0.6 is 0 Å². The fourth-order valence-electron chi connectivity index (χ4n) is 4.88. The molecule has 0 radical (unpaired) electrons. The Bertz CT molecular complexity index is 822. The van der Waals surface area contributed by atoms with Crippen LogP contribution in [0.15, 0.2) is 36.4 Å². The molecule has 0 unspecified atom stereocenters. The minimum Gasteiger partial charge on any atom is -0.307 e. The highest BCUT2D eigenvalue weighted by Crippen LogP contribution is 2.40. The lowest BCUT2D eigenvalue weighted by Gasteiger charge is -2.46. The number of halogens is 2. The molecule has 0 aromatic heterocycles. The topological polar surface area (TPSA) is 12.0 Å². The van der Waals surface area contributed by atoms with Crippen LogP contribution in [0, 0.1) is 11.6 Å². The first-order chi connectivity index (χ1) is 13.1. The normalized spacial score (nSPS) is 19.0. The number of rotatable bonds is 5. The summed E-state index contributed by atoms with van der Waals surface area (Å²) in [6.07, 6.45) is 4.87. The summed E-state index contributed by atoms with van der Waals surface area (Å²) in [5, 5.41) is 3.67. The van der Waals surface area contributed by atoms with Crippen LogP contribution in [0.1, 0.15) is 77.3 Å². The average Bonchev–Trinajstić information content (AvgIpc) is 2.58. The van der Waals surface area contributed by atoms with E-state index < -0.39 is 0 Å². The molecule has 0 amide bonds. The van der Waals surface area contributed by atoms with Crippen molar-refractivity contribution in [2.24, 2.45) is 0 Å². The number of unbranched alkanes of at least 4 members (excludes halogenated alkanes) is 1. The zero-order chi connectivity index (χ0) is 20.5. The molecule has 1 fully saturated rings. The van der Waals surface area contributed by atoms with Gasteiger partial charge in [0.25, 0.3) is 0 Å². The summed E-state index contributed by atoms with van der Waals surface area (Å²) < 4.78 is 29.6. The van der Waals surface area contributed by atoms with Crippen molar-refractivity contribution in [2.45, 2.75) is 83.7 Å². The van der Waals surface area contributed by atoms with Crippen molar-refractivity contribution in [2.75, 3.05) is 0 Å². The standard InChI is InChI=1S/C25H33F2N/c1-6-7-8-17-9-11-20(22(26)13-17)21-12-10-18(14-23(21)27)19-15-24(2,3)28-25(4,5)16-19/h9-14,19,28H,6-8,15-16H2,1-5H3. The van der Waals surface area contributed by atoms with Crippen molar-refractivity contribution in [1.29, 1.82) is 0 Å². The molecule has 1 heterocycles. The third kappa shape index (κ3) is 4.81. The predicted molar refractivity (Wildman–Crippen MR) is 114 cm³/mol. The van der Waals surface area contributed by atoms with E-state index >= 15 is 0 Å². The molecule has 2 aromatic carbocycles. The van der Waals surface area contributed by atoms with Gasteiger partial charge in [0, 0.05) is 22.2 Å². The first-order valence-corrected chi connectivity index (χ1v) is 10.5. The van der Waals surface area contributed by atoms with Crippen LogP contribution in [0.3, 0.4) is 0 Å². The Morgan fingerprint density at radius 2 is 1.46 bits per heavy atom. The highest BCUT2D eigenvalue weighted by atomic mass is 19.1. The summed E-state index contributed by atoms with van der Waals surface area (Å²) in [4.78, 5) is 0. The van der Waals surface area contributed by atoms with Crippen LogP contribution < -0.4 is 5.32 Å². The van der Waals surface area contributed by atoms with Gasteiger partial charge in [-0.05, 0) is 82.6 Å². The van der Waals surface area contributed by atoms with Gasteiger partial charge < -0.3 is 5.32 Å². The third-order valence-electron chi connectivity index (χ3n) is 5.80. The number of aryl methyl sites for hydroxylation is 1. The number of hydrogen-bond acceptors (Lipinski definition) is 1. The molecule has 1 saturated heterocycles. The van der Waals surface area contributed by atoms with E-state index in [0.29, 0.717) is 11.1 Å². The third-order valence-corrected chi connectivity index (χ3v) is 5.80. The smallest absolute Gasteiger partial charge is 0.131 e. The van der Waals surface area contributed by atoms with E-state index in [1.165, 1.54) is 0 Å². The Labute approximate surface area is 168 Å². The summed E-state index contributed by atoms with van der Waals surface area (Å²) in [5.74, 6) is -0.396. The average molecular weight is 386 g/mol. The highest BCUT2D eigenvalue weighted by Gasteiger charge is 2.38. The highest BCUT2D eigenvalue weighted by molar-refractivity contribution is 5.65. The van der Waals surface area contributed by atoms with Crippen molar-refractivity contribution in [3.8, 4) is 11.1 Å². The van der Waals surface area contributed by atoms with E-state index in [9.17, 15) is 8.78 Å². The van der Waals surface area contributed by atoms with Gasteiger partial charge in [-0.3, -0.25) is 0 Å². The van der Waals surface area contributed by atoms with Crippen LogP contribution in [-0.4, -0.2) is 11.1 Å². The van der Waals surface area contributed by atoms with E-state index in [2.05, 4.69) is 39.9 Å². The van der Waals surface area contributed by atoms with Crippen LogP contribution in [0.2, 0.25) is 0 Å². The molecule has 1 N–H and O–H groups in total. The molecular formula is C25H33F2N. The zero-order valence-corrected chi connectivity index (χ0v) is 17.8. The summed E-state index contributed by atoms with van der Waals surface area (Å²) in [5.41, 5.74) is 2.67. The maximum absolute atomic E-state index is 15.0. The largest absolute Gasteiger partial charge is 0.307 e. The van der Waals surface area contributed by atoms with E-state index in [4.69, 9.17) is 0 Å². The Hall–Kier alpha value is -1.74. The van der Waals surface area contributed by atoms with E-state index in [1.54, 1.807) is 24.3 Å². The lowest BCUT2D eigenvalue weighted by atomic mass is 9.73. The summed E-state index contributed by atoms with van der Waals surface area (Å²) >= 11 is 0. The zero-order valence-electron chi connectivity index (χ0n) is 17.8. The van der Waals surface area contributed by atoms with Crippen LogP contribution in [0.4, 0.5) is 8.78 Å². The van der Waals surface area contributed by atoms with Crippen molar-refractivity contribution in [3.05, 3.63) is 59.2 Å². The molecule has 0 bridgehead atoms. The fraction of sp³-hybridized carbons (Fsp3) is 0.520. The fourth-order valence-corrected chi connectivity index (χ4v) is 4.88. The predicted octanol–water partition coefficient (Wildman–Crippen LogP) is 7.00. The first kappa shape index (κ1) is 21.0. The van der Waals surface area contributed by atoms with Gasteiger partial charge in [-0.1, -0.05) is 37.6 Å². The maximum Gasteiger partial charge on any atom is 0.131 e. The molecule has 0 atom stereocenters. The van der Waals surface area contributed by atoms with Gasteiger partial charge in [0.2, 0.25) is 0 Å². The van der Waals surface area contributed by atoms with Gasteiger partial charge in [0.15, 0.2) is 0 Å². The minimum atomic E-state index is -0.343. The molecule has 0 spiro atoms. The second-order valence-electron chi connectivity index (χ2n) is 9.65. The summed E-state index contributed by atoms with van der Waals surface area (Å²) in [6, 6.07) is 10.5. The second kappa shape index (κ2) is 7.94. The molecule has 1 aliphatic heterocycles. The lowest BCUT2D eigenvalue weighted by molar-refractivity contribution is 0.161. The molecule has 0 saturated carbocycles. The monoisotopic (exact) mass is 385 g/mol. The summed E-state index contributed by atoms with van der Waals surface area (Å²) in [6.45, 7) is 10.9. The van der Waals surface area contributed by atoms with Crippen molar-refractivity contribution >= 4 is 0 Å². The van der Waals surface area contributed by atoms with Crippen LogP contribution in [0.25, 0.3) is 11.1 Å². The Morgan fingerprint density at radius 3 is 2.00 bits per heavy atom. The SMILES string of the molecule is CCCCc1ccc(-c2ccc(C3CC(C)(C)NC(C)(C)C3)cc2F)c(F)c1. The van der Waals surface area contributed by atoms with Crippen LogP contribution in [-0.2, 0) is 6.42 Å². The number of benzene rings is 2. The van der Waals surface area contributed by atoms with Gasteiger partial charge >= 0.3 is 0 Å². The Kier molecular flexibility index (Phi) is 5.95. The van der Waals surface area contributed by atoms with Crippen molar-refractivity contribution in [3.63, 3.8) is 0 Å². The van der Waals surface area contributed by atoms with Crippen LogP contribution in [0.5, 0.6) is 0 Å². The van der Waals surface area contributed by atoms with E-state index in [-0.39, 0.29) is 28.6 Å². The molecular weight excluding hydrogens is 352 g/mol. The maximum atomic E-state index is 15.0. The molecule has 28 heavy (non-hydrogen) atoms. The molecule has 3 heteroatoms. The van der Waals surface area contributed by atoms with E-state index in [0.717, 1.165) is 43.2 Å². The number of nitrogens with one attached hydrogen (secondary N) is 1. The molecule has 0 aliphatic carbocycles. The number of hydrogen-bond donors (Lipinski definition) is 1. The van der Waals surface area contributed by atoms with Gasteiger partial charge in [-0.15, -0.1) is 0 Å². The second-order valence-corrected chi connectivity index (χ2v) is 9.65. The molecule has 152 valence electrons. The molecule has 2 aromatic rings. The molecule has 1 nitrogen and oxygen atoms in total.